The smallest absolute Gasteiger partial charge is 0.261 e. The molecule has 142 valence electrons. The summed E-state index contributed by atoms with van der Waals surface area (Å²) in [6.45, 7) is 6.30. The van der Waals surface area contributed by atoms with Crippen LogP contribution in [-0.4, -0.2) is 52.9 Å². The minimum Gasteiger partial charge on any atom is -0.508 e. The highest BCUT2D eigenvalue weighted by molar-refractivity contribution is 6.21. The zero-order valence-corrected chi connectivity index (χ0v) is 16.5. The number of hydrogen-bond donors (Lipinski definition) is 1. The number of aromatic hydroxyl groups is 1. The van der Waals surface area contributed by atoms with Crippen LogP contribution in [0.15, 0.2) is 36.4 Å². The first-order chi connectivity index (χ1) is 12.6. The SMILES string of the molecule is Cc1cc(O)cc(C)c1CC(C)(CN1C(=O)c2ccccc2C1=O)N(C)C. The summed E-state index contributed by atoms with van der Waals surface area (Å²) in [6, 6.07) is 10.5. The Bertz CT molecular complexity index is 862. The molecule has 27 heavy (non-hydrogen) atoms. The highest BCUT2D eigenvalue weighted by Gasteiger charge is 2.41. The lowest BCUT2D eigenvalue weighted by Crippen LogP contribution is -2.53. The first kappa shape index (κ1) is 19.1. The Balaban J connectivity index is 1.93. The topological polar surface area (TPSA) is 60.9 Å². The lowest BCUT2D eigenvalue weighted by Gasteiger charge is -2.39. The van der Waals surface area contributed by atoms with Crippen LogP contribution < -0.4 is 0 Å². The number of carbonyl (C=O) groups is 2. The summed E-state index contributed by atoms with van der Waals surface area (Å²) in [6.07, 6.45) is 0.658. The van der Waals surface area contributed by atoms with Crippen molar-refractivity contribution in [2.75, 3.05) is 20.6 Å². The summed E-state index contributed by atoms with van der Waals surface area (Å²) in [5, 5.41) is 9.82. The second-order valence-electron chi connectivity index (χ2n) is 7.87. The highest BCUT2D eigenvalue weighted by atomic mass is 16.3. The third-order valence-electron chi connectivity index (χ3n) is 5.70. The average Bonchev–Trinajstić information content (AvgIpc) is 2.83. The highest BCUT2D eigenvalue weighted by Crippen LogP contribution is 2.30. The number of amides is 2. The number of phenols is 1. The number of aryl methyl sites for hydroxylation is 2. The van der Waals surface area contributed by atoms with Crippen LogP contribution in [0.3, 0.4) is 0 Å². The molecule has 2 aromatic carbocycles. The number of fused-ring (bicyclic) bond motifs is 1. The minimum atomic E-state index is -0.445. The van der Waals surface area contributed by atoms with Crippen molar-refractivity contribution in [3.63, 3.8) is 0 Å². The van der Waals surface area contributed by atoms with Gasteiger partial charge in [0.2, 0.25) is 0 Å². The summed E-state index contributed by atoms with van der Waals surface area (Å²) in [5.41, 5.74) is 3.63. The van der Waals surface area contributed by atoms with Crippen molar-refractivity contribution in [3.05, 3.63) is 64.2 Å². The number of rotatable bonds is 5. The molecule has 2 amide bonds. The molecule has 1 aliphatic rings. The number of nitrogens with zero attached hydrogens (tertiary/aromatic N) is 2. The van der Waals surface area contributed by atoms with E-state index in [0.717, 1.165) is 16.7 Å². The van der Waals surface area contributed by atoms with E-state index >= 15 is 0 Å². The molecule has 0 saturated heterocycles. The van der Waals surface area contributed by atoms with E-state index in [1.54, 1.807) is 36.4 Å². The standard InChI is InChI=1S/C22H26N2O3/c1-14-10-16(25)11-15(2)19(14)12-22(3,23(4)5)13-24-20(26)17-8-6-7-9-18(17)21(24)27/h6-11,25H,12-13H2,1-5H3. The first-order valence-electron chi connectivity index (χ1n) is 9.06. The van der Waals surface area contributed by atoms with Gasteiger partial charge in [0.05, 0.1) is 11.1 Å². The van der Waals surface area contributed by atoms with Gasteiger partial charge in [0.15, 0.2) is 0 Å². The molecule has 1 unspecified atom stereocenters. The number of phenolic OH excluding ortho intramolecular Hbond substituents is 1. The zero-order chi connectivity index (χ0) is 19.9. The van der Waals surface area contributed by atoms with Gasteiger partial charge in [0, 0.05) is 12.1 Å². The molecule has 1 heterocycles. The van der Waals surface area contributed by atoms with Crippen LogP contribution >= 0.6 is 0 Å². The fourth-order valence-electron chi connectivity index (χ4n) is 3.71. The van der Waals surface area contributed by atoms with E-state index in [1.165, 1.54) is 4.90 Å². The Hall–Kier alpha value is -2.66. The Kier molecular flexibility index (Phi) is 4.82. The fourth-order valence-corrected chi connectivity index (χ4v) is 3.71. The van der Waals surface area contributed by atoms with E-state index < -0.39 is 5.54 Å². The predicted octanol–water partition coefficient (Wildman–Crippen LogP) is 3.17. The molecule has 3 rings (SSSR count). The van der Waals surface area contributed by atoms with Crippen molar-refractivity contribution in [3.8, 4) is 5.75 Å². The van der Waals surface area contributed by atoms with E-state index in [4.69, 9.17) is 0 Å². The number of imide groups is 1. The van der Waals surface area contributed by atoms with Crippen LogP contribution in [0.25, 0.3) is 0 Å². The van der Waals surface area contributed by atoms with Crippen LogP contribution in [0.4, 0.5) is 0 Å². The molecule has 0 bridgehead atoms. The lowest BCUT2D eigenvalue weighted by molar-refractivity contribution is 0.0522. The van der Waals surface area contributed by atoms with Crippen molar-refractivity contribution in [2.24, 2.45) is 0 Å². The van der Waals surface area contributed by atoms with Gasteiger partial charge < -0.3 is 10.0 Å². The molecular weight excluding hydrogens is 340 g/mol. The zero-order valence-electron chi connectivity index (χ0n) is 16.5. The Morgan fingerprint density at radius 2 is 1.48 bits per heavy atom. The third-order valence-corrected chi connectivity index (χ3v) is 5.70. The van der Waals surface area contributed by atoms with E-state index in [-0.39, 0.29) is 17.6 Å². The summed E-state index contributed by atoms with van der Waals surface area (Å²) >= 11 is 0. The summed E-state index contributed by atoms with van der Waals surface area (Å²) in [7, 11) is 3.92. The number of carbonyl (C=O) groups excluding carboxylic acids is 2. The van der Waals surface area contributed by atoms with Gasteiger partial charge in [-0.25, -0.2) is 0 Å². The Morgan fingerprint density at radius 3 is 1.93 bits per heavy atom. The lowest BCUT2D eigenvalue weighted by atomic mass is 9.86. The van der Waals surface area contributed by atoms with E-state index in [1.807, 2.05) is 27.9 Å². The molecule has 0 aliphatic carbocycles. The molecular formula is C22H26N2O3. The summed E-state index contributed by atoms with van der Waals surface area (Å²) in [5.74, 6) is -0.216. The van der Waals surface area contributed by atoms with Crippen LogP contribution in [0.5, 0.6) is 5.75 Å². The maximum Gasteiger partial charge on any atom is 0.261 e. The fraction of sp³-hybridized carbons (Fsp3) is 0.364. The maximum absolute atomic E-state index is 12.8. The van der Waals surface area contributed by atoms with Crippen LogP contribution in [0, 0.1) is 13.8 Å². The number of benzene rings is 2. The van der Waals surface area contributed by atoms with Gasteiger partial charge in [-0.3, -0.25) is 14.5 Å². The molecule has 1 N–H and O–H groups in total. The first-order valence-corrected chi connectivity index (χ1v) is 9.06. The molecule has 0 fully saturated rings. The average molecular weight is 366 g/mol. The van der Waals surface area contributed by atoms with Gasteiger partial charge in [-0.15, -0.1) is 0 Å². The molecule has 0 aromatic heterocycles. The molecule has 5 heteroatoms. The van der Waals surface area contributed by atoms with Crippen molar-refractivity contribution in [2.45, 2.75) is 32.7 Å². The summed E-state index contributed by atoms with van der Waals surface area (Å²) in [4.78, 5) is 29.0. The van der Waals surface area contributed by atoms with Gasteiger partial charge in [-0.1, -0.05) is 12.1 Å². The van der Waals surface area contributed by atoms with Crippen LogP contribution in [0.1, 0.15) is 44.3 Å². The van der Waals surface area contributed by atoms with Crippen molar-refractivity contribution >= 4 is 11.8 Å². The number of hydrogen-bond acceptors (Lipinski definition) is 4. The van der Waals surface area contributed by atoms with E-state index in [2.05, 4.69) is 11.8 Å². The molecule has 0 saturated carbocycles. The number of likely N-dealkylation sites (N-methyl/N-ethyl adjacent to an activating group) is 1. The van der Waals surface area contributed by atoms with Gasteiger partial charge >= 0.3 is 0 Å². The molecule has 2 aromatic rings. The quantitative estimate of drug-likeness (QED) is 0.826. The maximum atomic E-state index is 12.8. The largest absolute Gasteiger partial charge is 0.508 e. The van der Waals surface area contributed by atoms with Crippen molar-refractivity contribution in [1.29, 1.82) is 0 Å². The van der Waals surface area contributed by atoms with Gasteiger partial charge in [-0.2, -0.15) is 0 Å². The third kappa shape index (κ3) is 3.35. The predicted molar refractivity (Wildman–Crippen MR) is 105 cm³/mol. The van der Waals surface area contributed by atoms with Crippen LogP contribution in [-0.2, 0) is 6.42 Å². The van der Waals surface area contributed by atoms with Gasteiger partial charge in [0.1, 0.15) is 5.75 Å². The minimum absolute atomic E-state index is 0.233. The van der Waals surface area contributed by atoms with Crippen LogP contribution in [0.2, 0.25) is 0 Å². The molecule has 5 nitrogen and oxygen atoms in total. The molecule has 0 radical (unpaired) electrons. The second-order valence-corrected chi connectivity index (χ2v) is 7.87. The van der Waals surface area contributed by atoms with E-state index in [9.17, 15) is 14.7 Å². The summed E-state index contributed by atoms with van der Waals surface area (Å²) < 4.78 is 0. The van der Waals surface area contributed by atoms with Gasteiger partial charge in [0.25, 0.3) is 11.8 Å². The monoisotopic (exact) mass is 366 g/mol. The second kappa shape index (κ2) is 6.82. The Labute approximate surface area is 160 Å². The molecule has 1 atom stereocenters. The molecule has 0 spiro atoms. The van der Waals surface area contributed by atoms with Crippen molar-refractivity contribution in [1.82, 2.24) is 9.80 Å². The molecule has 1 aliphatic heterocycles. The van der Waals surface area contributed by atoms with E-state index in [0.29, 0.717) is 24.1 Å². The van der Waals surface area contributed by atoms with Gasteiger partial charge in [-0.05, 0) is 82.2 Å². The van der Waals surface area contributed by atoms with Crippen molar-refractivity contribution < 1.29 is 14.7 Å². The normalized spacial score (nSPS) is 16.0. The Morgan fingerprint density at radius 1 is 1.00 bits per heavy atom.